The van der Waals surface area contributed by atoms with E-state index >= 15 is 0 Å². The molecule has 2 heteroatoms. The maximum absolute atomic E-state index is 6.25. The lowest BCUT2D eigenvalue weighted by molar-refractivity contribution is 0.146. The van der Waals surface area contributed by atoms with Crippen LogP contribution in [0.4, 0.5) is 0 Å². The van der Waals surface area contributed by atoms with Gasteiger partial charge in [-0.05, 0) is 54.8 Å². The first-order chi connectivity index (χ1) is 9.80. The molecule has 0 bridgehead atoms. The van der Waals surface area contributed by atoms with Crippen LogP contribution in [0.3, 0.4) is 0 Å². The fourth-order valence-electron chi connectivity index (χ4n) is 3.41. The molecular formula is C19H31NO. The summed E-state index contributed by atoms with van der Waals surface area (Å²) in [5.41, 5.74) is 1.93. The van der Waals surface area contributed by atoms with Crippen molar-refractivity contribution < 1.29 is 4.74 Å². The number of likely N-dealkylation sites (N-methyl/N-ethyl adjacent to an activating group) is 1. The van der Waals surface area contributed by atoms with Crippen molar-refractivity contribution >= 4 is 0 Å². The smallest absolute Gasteiger partial charge is 0.119 e. The maximum atomic E-state index is 6.25. The summed E-state index contributed by atoms with van der Waals surface area (Å²) in [6, 6.07) is 9.11. The van der Waals surface area contributed by atoms with Crippen LogP contribution in [-0.2, 0) is 5.41 Å². The maximum Gasteiger partial charge on any atom is 0.119 e. The average molecular weight is 289 g/mol. The molecule has 0 radical (unpaired) electrons. The Morgan fingerprint density at radius 1 is 1.24 bits per heavy atom. The number of benzene rings is 1. The van der Waals surface area contributed by atoms with E-state index in [1.807, 2.05) is 7.05 Å². The fraction of sp³-hybridized carbons (Fsp3) is 0.684. The highest BCUT2D eigenvalue weighted by Gasteiger charge is 2.42. The molecule has 0 amide bonds. The van der Waals surface area contributed by atoms with Gasteiger partial charge < -0.3 is 10.1 Å². The van der Waals surface area contributed by atoms with E-state index in [0.717, 1.165) is 18.6 Å². The summed E-state index contributed by atoms with van der Waals surface area (Å²) in [7, 11) is 2.04. The van der Waals surface area contributed by atoms with Gasteiger partial charge in [-0.3, -0.25) is 0 Å². The predicted octanol–water partition coefficient (Wildman–Crippen LogP) is 4.53. The number of rotatable bonds is 5. The van der Waals surface area contributed by atoms with E-state index in [1.54, 1.807) is 0 Å². The highest BCUT2D eigenvalue weighted by Crippen LogP contribution is 2.39. The molecule has 2 unspecified atom stereocenters. The van der Waals surface area contributed by atoms with Crippen LogP contribution in [0.2, 0.25) is 0 Å². The monoisotopic (exact) mass is 289 g/mol. The lowest BCUT2D eigenvalue weighted by atomic mass is 9.82. The molecule has 1 saturated carbocycles. The summed E-state index contributed by atoms with van der Waals surface area (Å²) >= 11 is 0. The molecule has 2 rings (SSSR count). The van der Waals surface area contributed by atoms with E-state index < -0.39 is 0 Å². The second-order valence-electron chi connectivity index (χ2n) is 7.71. The van der Waals surface area contributed by atoms with E-state index in [9.17, 15) is 0 Å². The van der Waals surface area contributed by atoms with Gasteiger partial charge in [-0.15, -0.1) is 0 Å². The average Bonchev–Trinajstić information content (AvgIpc) is 2.73. The summed E-state index contributed by atoms with van der Waals surface area (Å²) in [6.45, 7) is 11.5. The molecule has 2 nitrogen and oxygen atoms in total. The van der Waals surface area contributed by atoms with Crippen molar-refractivity contribution in [1.82, 2.24) is 5.32 Å². The van der Waals surface area contributed by atoms with Gasteiger partial charge in [0, 0.05) is 6.04 Å². The molecule has 0 aliphatic heterocycles. The topological polar surface area (TPSA) is 21.3 Å². The fourth-order valence-corrected chi connectivity index (χ4v) is 3.41. The Morgan fingerprint density at radius 3 is 2.38 bits per heavy atom. The Hall–Kier alpha value is -1.02. The van der Waals surface area contributed by atoms with Crippen molar-refractivity contribution in [3.05, 3.63) is 29.8 Å². The molecule has 1 N–H and O–H groups in total. The van der Waals surface area contributed by atoms with Crippen LogP contribution in [-0.4, -0.2) is 19.2 Å². The van der Waals surface area contributed by atoms with Crippen LogP contribution in [0.15, 0.2) is 24.3 Å². The lowest BCUT2D eigenvalue weighted by Crippen LogP contribution is -2.44. The second kappa shape index (κ2) is 6.00. The van der Waals surface area contributed by atoms with Gasteiger partial charge in [-0.1, -0.05) is 46.8 Å². The minimum atomic E-state index is 0.237. The quantitative estimate of drug-likeness (QED) is 0.860. The second-order valence-corrected chi connectivity index (χ2v) is 7.71. The SMILES string of the molecule is CCC(C)(C)c1ccc(OC2CCC(C)(C)C2NC)cc1. The summed E-state index contributed by atoms with van der Waals surface area (Å²) < 4.78 is 6.25. The number of nitrogens with one attached hydrogen (secondary N) is 1. The van der Waals surface area contributed by atoms with Crippen LogP contribution < -0.4 is 10.1 Å². The van der Waals surface area contributed by atoms with Gasteiger partial charge >= 0.3 is 0 Å². The zero-order valence-corrected chi connectivity index (χ0v) is 14.5. The van der Waals surface area contributed by atoms with Gasteiger partial charge in [0.15, 0.2) is 0 Å². The molecular weight excluding hydrogens is 258 g/mol. The molecule has 2 atom stereocenters. The van der Waals surface area contributed by atoms with Crippen molar-refractivity contribution in [2.75, 3.05) is 7.05 Å². The standard InChI is InChI=1S/C19H31NO/c1-7-18(2,3)14-8-10-15(11-9-14)21-16-12-13-19(4,5)17(16)20-6/h8-11,16-17,20H,7,12-13H2,1-6H3. The summed E-state index contributed by atoms with van der Waals surface area (Å²) in [5.74, 6) is 0.994. The van der Waals surface area contributed by atoms with Crippen LogP contribution in [0.1, 0.15) is 59.4 Å². The molecule has 1 aromatic carbocycles. The van der Waals surface area contributed by atoms with Crippen molar-refractivity contribution in [1.29, 1.82) is 0 Å². The third-order valence-corrected chi connectivity index (χ3v) is 5.41. The third-order valence-electron chi connectivity index (χ3n) is 5.41. The van der Waals surface area contributed by atoms with Gasteiger partial charge in [-0.25, -0.2) is 0 Å². The largest absolute Gasteiger partial charge is 0.489 e. The van der Waals surface area contributed by atoms with Crippen LogP contribution in [0.25, 0.3) is 0 Å². The van der Waals surface area contributed by atoms with Crippen molar-refractivity contribution in [3.63, 3.8) is 0 Å². The summed E-state index contributed by atoms with van der Waals surface area (Å²) in [5, 5.41) is 3.44. The van der Waals surface area contributed by atoms with E-state index in [2.05, 4.69) is 64.2 Å². The van der Waals surface area contributed by atoms with E-state index in [1.165, 1.54) is 12.0 Å². The molecule has 118 valence electrons. The van der Waals surface area contributed by atoms with Crippen molar-refractivity contribution in [3.8, 4) is 5.75 Å². The molecule has 0 aromatic heterocycles. The van der Waals surface area contributed by atoms with Crippen LogP contribution >= 0.6 is 0 Å². The van der Waals surface area contributed by atoms with E-state index in [-0.39, 0.29) is 11.5 Å². The molecule has 1 aromatic rings. The molecule has 21 heavy (non-hydrogen) atoms. The normalized spacial score (nSPS) is 25.0. The van der Waals surface area contributed by atoms with Gasteiger partial charge in [0.2, 0.25) is 0 Å². The first-order valence-corrected chi connectivity index (χ1v) is 8.24. The minimum absolute atomic E-state index is 0.237. The van der Waals surface area contributed by atoms with E-state index in [4.69, 9.17) is 4.74 Å². The van der Waals surface area contributed by atoms with Crippen molar-refractivity contribution in [2.45, 2.75) is 71.4 Å². The molecule has 0 saturated heterocycles. The molecule has 0 spiro atoms. The zero-order valence-electron chi connectivity index (χ0n) is 14.5. The third kappa shape index (κ3) is 3.42. The predicted molar refractivity (Wildman–Crippen MR) is 90.0 cm³/mol. The first-order valence-electron chi connectivity index (χ1n) is 8.24. The van der Waals surface area contributed by atoms with E-state index in [0.29, 0.717) is 11.5 Å². The van der Waals surface area contributed by atoms with Gasteiger partial charge in [0.1, 0.15) is 11.9 Å². The molecule has 1 aliphatic carbocycles. The summed E-state index contributed by atoms with van der Waals surface area (Å²) in [4.78, 5) is 0. The Bertz CT molecular complexity index is 461. The highest BCUT2D eigenvalue weighted by atomic mass is 16.5. The molecule has 0 heterocycles. The Labute approximate surface area is 130 Å². The minimum Gasteiger partial charge on any atom is -0.489 e. The van der Waals surface area contributed by atoms with Gasteiger partial charge in [-0.2, -0.15) is 0 Å². The Balaban J connectivity index is 2.08. The number of hydrogen-bond donors (Lipinski definition) is 1. The molecule has 1 aliphatic rings. The highest BCUT2D eigenvalue weighted by molar-refractivity contribution is 5.31. The Morgan fingerprint density at radius 2 is 1.86 bits per heavy atom. The van der Waals surface area contributed by atoms with Crippen LogP contribution in [0.5, 0.6) is 5.75 Å². The van der Waals surface area contributed by atoms with Crippen molar-refractivity contribution in [2.24, 2.45) is 5.41 Å². The Kier molecular flexibility index (Phi) is 4.67. The first kappa shape index (κ1) is 16.4. The lowest BCUT2D eigenvalue weighted by Gasteiger charge is -2.30. The van der Waals surface area contributed by atoms with Gasteiger partial charge in [0.05, 0.1) is 0 Å². The number of ether oxygens (including phenoxy) is 1. The van der Waals surface area contributed by atoms with Gasteiger partial charge in [0.25, 0.3) is 0 Å². The number of hydrogen-bond acceptors (Lipinski definition) is 2. The summed E-state index contributed by atoms with van der Waals surface area (Å²) in [6.07, 6.45) is 3.76. The molecule has 1 fully saturated rings. The van der Waals surface area contributed by atoms with Crippen LogP contribution in [0, 0.1) is 5.41 Å². The zero-order chi connectivity index (χ0) is 15.7.